The van der Waals surface area contributed by atoms with Crippen molar-refractivity contribution in [2.75, 3.05) is 24.7 Å². The van der Waals surface area contributed by atoms with E-state index in [2.05, 4.69) is 33.3 Å². The van der Waals surface area contributed by atoms with Crippen LogP contribution in [-0.4, -0.2) is 46.4 Å². The SMILES string of the molecule is C.C/C(=C1/C=CNC1=NC1CC1)c1cnn(C(CF)[C@H]2CCN(c3scnc3C#N)C2)c1.[HH]. The second-order valence-electron chi connectivity index (χ2n) is 8.27. The van der Waals surface area contributed by atoms with Gasteiger partial charge >= 0.3 is 0 Å². The van der Waals surface area contributed by atoms with Gasteiger partial charge in [-0.2, -0.15) is 10.4 Å². The molecule has 0 amide bonds. The Kier molecular flexibility index (Phi) is 6.42. The number of aliphatic imine (C=N–C) groups is 1. The van der Waals surface area contributed by atoms with Gasteiger partial charge < -0.3 is 10.2 Å². The number of hydrogen-bond acceptors (Lipinski definition) is 6. The molecule has 9 heteroatoms. The van der Waals surface area contributed by atoms with Crippen molar-refractivity contribution in [3.8, 4) is 6.07 Å². The summed E-state index contributed by atoms with van der Waals surface area (Å²) in [6.45, 7) is 3.09. The first-order valence-corrected chi connectivity index (χ1v) is 11.5. The Labute approximate surface area is 193 Å². The van der Waals surface area contributed by atoms with E-state index in [1.807, 2.05) is 24.7 Å². The number of anilines is 1. The second-order valence-corrected chi connectivity index (χ2v) is 9.10. The minimum absolute atomic E-state index is 0. The lowest BCUT2D eigenvalue weighted by Crippen LogP contribution is -2.26. The zero-order chi connectivity index (χ0) is 21.4. The van der Waals surface area contributed by atoms with E-state index in [9.17, 15) is 9.65 Å². The Balaban J connectivity index is 0.00000153. The third-order valence-corrected chi connectivity index (χ3v) is 7.12. The predicted octanol–water partition coefficient (Wildman–Crippen LogP) is 4.58. The number of hydrogen-bond donors (Lipinski definition) is 1. The summed E-state index contributed by atoms with van der Waals surface area (Å²) in [6.07, 6.45) is 10.9. The van der Waals surface area contributed by atoms with Gasteiger partial charge in [0.25, 0.3) is 0 Å². The van der Waals surface area contributed by atoms with Crippen LogP contribution in [0.3, 0.4) is 0 Å². The standard InChI is InChI=1S/C22H24FN7S.CH4.H2/c1-14(18-4-6-25-21(18)28-17-2-3-17)16-10-27-30(12-16)20(8-23)15-5-7-29(11-15)22-19(9-24)26-13-31-22;;/h4,6,10,12-13,15,17,20H,2-3,5,7-8,11H2,1H3,(H,25,28);1H4;1H/b18-14+;;/t15-,20?;;/m0../s1. The minimum atomic E-state index is -0.473. The number of aromatic nitrogens is 3. The topological polar surface area (TPSA) is 82.1 Å². The number of amidine groups is 1. The van der Waals surface area contributed by atoms with Crippen LogP contribution in [0.4, 0.5) is 9.39 Å². The van der Waals surface area contributed by atoms with Gasteiger partial charge in [0.05, 0.1) is 23.8 Å². The fourth-order valence-corrected chi connectivity index (χ4v) is 5.05. The molecule has 3 aliphatic rings. The van der Waals surface area contributed by atoms with Gasteiger partial charge in [-0.15, -0.1) is 11.3 Å². The van der Waals surface area contributed by atoms with E-state index < -0.39 is 6.67 Å². The lowest BCUT2D eigenvalue weighted by atomic mass is 10.00. The van der Waals surface area contributed by atoms with Crippen LogP contribution in [0.25, 0.3) is 5.57 Å². The third-order valence-electron chi connectivity index (χ3n) is 6.23. The maximum absolute atomic E-state index is 14.1. The monoisotopic (exact) mass is 455 g/mol. The smallest absolute Gasteiger partial charge is 0.175 e. The number of alkyl halides is 1. The van der Waals surface area contributed by atoms with Crippen molar-refractivity contribution in [1.82, 2.24) is 20.1 Å². The number of allylic oxidation sites excluding steroid dienone is 1. The van der Waals surface area contributed by atoms with Gasteiger partial charge in [-0.1, -0.05) is 7.43 Å². The van der Waals surface area contributed by atoms with E-state index >= 15 is 0 Å². The highest BCUT2D eigenvalue weighted by molar-refractivity contribution is 7.14. The molecule has 1 unspecified atom stereocenters. The maximum atomic E-state index is 14.1. The van der Waals surface area contributed by atoms with Gasteiger partial charge in [0, 0.05) is 44.0 Å². The van der Waals surface area contributed by atoms with Crippen LogP contribution in [0, 0.1) is 17.2 Å². The van der Waals surface area contributed by atoms with Gasteiger partial charge in [0.2, 0.25) is 0 Å². The van der Waals surface area contributed by atoms with Gasteiger partial charge in [-0.25, -0.2) is 9.37 Å². The molecule has 2 atom stereocenters. The van der Waals surface area contributed by atoms with E-state index in [0.717, 1.165) is 53.4 Å². The molecule has 2 aromatic heterocycles. The number of nitriles is 1. The van der Waals surface area contributed by atoms with E-state index in [1.54, 1.807) is 10.2 Å². The summed E-state index contributed by atoms with van der Waals surface area (Å²) in [5.41, 5.74) is 5.28. The number of nitrogens with zero attached hydrogens (tertiary/aromatic N) is 6. The molecule has 170 valence electrons. The van der Waals surface area contributed by atoms with E-state index in [0.29, 0.717) is 18.3 Å². The van der Waals surface area contributed by atoms with E-state index in [1.165, 1.54) is 11.3 Å². The summed E-state index contributed by atoms with van der Waals surface area (Å²) in [6, 6.07) is 2.26. The molecule has 4 heterocycles. The molecule has 32 heavy (non-hydrogen) atoms. The Morgan fingerprint density at radius 3 is 3.06 bits per heavy atom. The molecule has 1 aliphatic carbocycles. The van der Waals surface area contributed by atoms with Gasteiger partial charge in [0.1, 0.15) is 23.6 Å². The van der Waals surface area contributed by atoms with Crippen molar-refractivity contribution in [3.63, 3.8) is 0 Å². The van der Waals surface area contributed by atoms with E-state index in [-0.39, 0.29) is 20.8 Å². The Morgan fingerprint density at radius 2 is 2.31 bits per heavy atom. The second kappa shape index (κ2) is 9.25. The van der Waals surface area contributed by atoms with Gasteiger partial charge in [-0.05, 0) is 37.8 Å². The molecule has 2 aromatic rings. The minimum Gasteiger partial charge on any atom is -0.361 e. The molecular weight excluding hydrogens is 425 g/mol. The predicted molar refractivity (Wildman–Crippen MR) is 129 cm³/mol. The molecule has 1 saturated carbocycles. The first-order chi connectivity index (χ1) is 15.2. The lowest BCUT2D eigenvalue weighted by molar-refractivity contribution is 0.257. The highest BCUT2D eigenvalue weighted by Crippen LogP contribution is 2.35. The summed E-state index contributed by atoms with van der Waals surface area (Å²) in [5, 5.41) is 17.9. The fourth-order valence-electron chi connectivity index (χ4n) is 4.26. The van der Waals surface area contributed by atoms with E-state index in [4.69, 9.17) is 4.99 Å². The molecule has 1 N–H and O–H groups in total. The molecule has 1 saturated heterocycles. The zero-order valence-corrected chi connectivity index (χ0v) is 18.1. The quantitative estimate of drug-likeness (QED) is 0.689. The average molecular weight is 456 g/mol. The van der Waals surface area contributed by atoms with Crippen molar-refractivity contribution >= 4 is 27.7 Å². The number of halogens is 1. The van der Waals surface area contributed by atoms with Crippen LogP contribution in [0.15, 0.2) is 40.7 Å². The first kappa shape index (κ1) is 22.2. The molecular formula is C23H30FN7S. The van der Waals surface area contributed by atoms with Crippen molar-refractivity contribution in [1.29, 1.82) is 5.26 Å². The molecule has 0 aromatic carbocycles. The number of rotatable bonds is 6. The highest BCUT2D eigenvalue weighted by Gasteiger charge is 2.33. The van der Waals surface area contributed by atoms with Crippen LogP contribution in [0.2, 0.25) is 0 Å². The summed E-state index contributed by atoms with van der Waals surface area (Å²) in [5.74, 6) is 1.04. The molecule has 5 rings (SSSR count). The fraction of sp³-hybridized carbons (Fsp3) is 0.478. The van der Waals surface area contributed by atoms with Crippen LogP contribution in [-0.2, 0) is 0 Å². The van der Waals surface area contributed by atoms with Crippen LogP contribution in [0.1, 0.15) is 52.3 Å². The lowest BCUT2D eigenvalue weighted by Gasteiger charge is -2.22. The Morgan fingerprint density at radius 1 is 1.47 bits per heavy atom. The molecule has 2 aliphatic heterocycles. The maximum Gasteiger partial charge on any atom is 0.175 e. The Bertz CT molecular complexity index is 1110. The summed E-state index contributed by atoms with van der Waals surface area (Å²) >= 11 is 1.47. The van der Waals surface area contributed by atoms with Gasteiger partial charge in [-0.3, -0.25) is 9.67 Å². The van der Waals surface area contributed by atoms with Crippen LogP contribution < -0.4 is 10.2 Å². The first-order valence-electron chi connectivity index (χ1n) is 10.6. The summed E-state index contributed by atoms with van der Waals surface area (Å²) in [4.78, 5) is 11.0. The summed E-state index contributed by atoms with van der Waals surface area (Å²) in [7, 11) is 0. The third kappa shape index (κ3) is 4.19. The van der Waals surface area contributed by atoms with Crippen molar-refractivity contribution in [2.45, 2.75) is 45.7 Å². The van der Waals surface area contributed by atoms with Crippen LogP contribution in [0.5, 0.6) is 0 Å². The highest BCUT2D eigenvalue weighted by atomic mass is 32.1. The van der Waals surface area contributed by atoms with Crippen LogP contribution >= 0.6 is 11.3 Å². The van der Waals surface area contributed by atoms with Crippen molar-refractivity contribution in [2.24, 2.45) is 10.9 Å². The number of thiazole rings is 1. The molecule has 0 bridgehead atoms. The summed E-state index contributed by atoms with van der Waals surface area (Å²) < 4.78 is 15.9. The number of nitrogens with one attached hydrogen (secondary N) is 1. The largest absolute Gasteiger partial charge is 0.361 e. The van der Waals surface area contributed by atoms with Crippen molar-refractivity contribution < 1.29 is 5.82 Å². The normalized spacial score (nSPS) is 23.7. The van der Waals surface area contributed by atoms with Crippen molar-refractivity contribution in [3.05, 3.63) is 47.0 Å². The molecule has 0 spiro atoms. The molecule has 0 radical (unpaired) electrons. The zero-order valence-electron chi connectivity index (χ0n) is 17.3. The average Bonchev–Trinajstić information content (AvgIpc) is 3.28. The van der Waals surface area contributed by atoms with Gasteiger partial charge in [0.15, 0.2) is 5.69 Å². The molecule has 7 nitrogen and oxygen atoms in total. The Hall–Kier alpha value is -2.99. The molecule has 2 fully saturated rings.